The molecule has 3 rings (SSSR count). The number of hydrogen-bond donors (Lipinski definition) is 1. The van der Waals surface area contributed by atoms with Gasteiger partial charge in [0.2, 0.25) is 0 Å². The fourth-order valence-corrected chi connectivity index (χ4v) is 2.06. The molecule has 0 aliphatic carbocycles. The molecule has 0 spiro atoms. The van der Waals surface area contributed by atoms with Gasteiger partial charge in [-0.25, -0.2) is 9.67 Å². The fraction of sp³-hybridized carbons (Fsp3) is 0.133. The largest absolute Gasteiger partial charge is 0.307 e. The van der Waals surface area contributed by atoms with E-state index in [4.69, 9.17) is 0 Å². The number of carbonyl (C=O) groups is 1. The van der Waals surface area contributed by atoms with Crippen molar-refractivity contribution in [3.63, 3.8) is 0 Å². The van der Waals surface area contributed by atoms with Crippen molar-refractivity contribution in [1.29, 1.82) is 0 Å². The molecule has 0 bridgehead atoms. The minimum absolute atomic E-state index is 0.206. The molecule has 0 aliphatic heterocycles. The van der Waals surface area contributed by atoms with Gasteiger partial charge in [-0.05, 0) is 59.7 Å². The lowest BCUT2D eigenvalue weighted by atomic mass is 10.1. The molecule has 7 heteroatoms. The Morgan fingerprint density at radius 2 is 2.05 bits per heavy atom. The van der Waals surface area contributed by atoms with E-state index in [1.807, 2.05) is 26.0 Å². The molecule has 0 fully saturated rings. The van der Waals surface area contributed by atoms with Crippen LogP contribution < -0.4 is 5.32 Å². The predicted molar refractivity (Wildman–Crippen MR) is 80.8 cm³/mol. The van der Waals surface area contributed by atoms with Crippen LogP contribution in [0.5, 0.6) is 0 Å². The highest BCUT2D eigenvalue weighted by atomic mass is 16.1. The molecule has 2 heterocycles. The Bertz CT molecular complexity index is 795. The number of benzene rings is 1. The van der Waals surface area contributed by atoms with Crippen LogP contribution in [-0.2, 0) is 0 Å². The third kappa shape index (κ3) is 2.83. The van der Waals surface area contributed by atoms with Gasteiger partial charge in [-0.3, -0.25) is 4.79 Å². The molecule has 0 saturated heterocycles. The molecule has 0 unspecified atom stereocenters. The smallest absolute Gasteiger partial charge is 0.256 e. The second kappa shape index (κ2) is 5.72. The molecular weight excluding hydrogens is 280 g/mol. The topological polar surface area (TPSA) is 85.6 Å². The lowest BCUT2D eigenvalue weighted by Crippen LogP contribution is -2.13. The number of tetrazole rings is 1. The number of nitrogens with zero attached hydrogens (tertiary/aromatic N) is 5. The van der Waals surface area contributed by atoms with Gasteiger partial charge in [0.25, 0.3) is 5.91 Å². The van der Waals surface area contributed by atoms with Crippen LogP contribution in [0.4, 0.5) is 5.82 Å². The maximum atomic E-state index is 12.3. The van der Waals surface area contributed by atoms with Gasteiger partial charge in [0.1, 0.15) is 12.1 Å². The van der Waals surface area contributed by atoms with Crippen molar-refractivity contribution in [3.05, 3.63) is 59.5 Å². The van der Waals surface area contributed by atoms with Crippen molar-refractivity contribution in [2.45, 2.75) is 13.8 Å². The second-order valence-electron chi connectivity index (χ2n) is 4.93. The molecule has 0 aliphatic rings. The van der Waals surface area contributed by atoms with Crippen LogP contribution in [0.25, 0.3) is 5.69 Å². The SMILES string of the molecule is Cc1ccc(NC(=O)c2ccc(-n3cnnn3)c(C)c2)nc1. The molecule has 1 amide bonds. The number of anilines is 1. The maximum absolute atomic E-state index is 12.3. The molecule has 22 heavy (non-hydrogen) atoms. The number of amides is 1. The minimum atomic E-state index is -0.206. The Kier molecular flexibility index (Phi) is 3.61. The van der Waals surface area contributed by atoms with E-state index in [9.17, 15) is 4.79 Å². The lowest BCUT2D eigenvalue weighted by Gasteiger charge is -2.08. The summed E-state index contributed by atoms with van der Waals surface area (Å²) in [6, 6.07) is 9.00. The van der Waals surface area contributed by atoms with Crippen molar-refractivity contribution in [2.24, 2.45) is 0 Å². The maximum Gasteiger partial charge on any atom is 0.256 e. The molecule has 3 aromatic rings. The average Bonchev–Trinajstić information content (AvgIpc) is 3.03. The molecule has 1 N–H and O–H groups in total. The molecule has 110 valence electrons. The highest BCUT2D eigenvalue weighted by molar-refractivity contribution is 6.04. The number of hydrogen-bond acceptors (Lipinski definition) is 5. The Morgan fingerprint density at radius 1 is 1.18 bits per heavy atom. The van der Waals surface area contributed by atoms with Crippen LogP contribution in [0, 0.1) is 13.8 Å². The molecule has 2 aromatic heterocycles. The van der Waals surface area contributed by atoms with Crippen LogP contribution in [0.1, 0.15) is 21.5 Å². The standard InChI is InChI=1S/C15H14N6O/c1-10-3-6-14(16-8-10)18-15(22)12-4-5-13(11(2)7-12)21-9-17-19-20-21/h3-9H,1-2H3,(H,16,18,22). The summed E-state index contributed by atoms with van der Waals surface area (Å²) in [6.07, 6.45) is 3.22. The summed E-state index contributed by atoms with van der Waals surface area (Å²) in [5.74, 6) is 0.320. The van der Waals surface area contributed by atoms with Gasteiger partial charge in [-0.1, -0.05) is 6.07 Å². The summed E-state index contributed by atoms with van der Waals surface area (Å²) < 4.78 is 1.55. The Balaban J connectivity index is 1.81. The van der Waals surface area contributed by atoms with Gasteiger partial charge in [0.05, 0.1) is 5.69 Å². The predicted octanol–water partition coefficient (Wildman–Crippen LogP) is 1.93. The van der Waals surface area contributed by atoms with Crippen molar-refractivity contribution < 1.29 is 4.79 Å². The van der Waals surface area contributed by atoms with Crippen molar-refractivity contribution in [2.75, 3.05) is 5.32 Å². The molecule has 0 saturated carbocycles. The van der Waals surface area contributed by atoms with Gasteiger partial charge in [0, 0.05) is 11.8 Å². The number of nitrogens with one attached hydrogen (secondary N) is 1. The third-order valence-electron chi connectivity index (χ3n) is 3.21. The first-order valence-electron chi connectivity index (χ1n) is 6.71. The number of pyridine rings is 1. The Morgan fingerprint density at radius 3 is 2.68 bits per heavy atom. The van der Waals surface area contributed by atoms with E-state index < -0.39 is 0 Å². The average molecular weight is 294 g/mol. The Labute approximate surface area is 127 Å². The summed E-state index contributed by atoms with van der Waals surface area (Å²) in [6.45, 7) is 3.84. The van der Waals surface area contributed by atoms with Crippen molar-refractivity contribution in [3.8, 4) is 5.69 Å². The zero-order chi connectivity index (χ0) is 15.5. The molecule has 0 radical (unpaired) electrons. The summed E-state index contributed by atoms with van der Waals surface area (Å²) in [5.41, 5.74) is 3.32. The summed E-state index contributed by atoms with van der Waals surface area (Å²) in [4.78, 5) is 16.4. The van der Waals surface area contributed by atoms with E-state index in [0.29, 0.717) is 11.4 Å². The molecule has 1 aromatic carbocycles. The van der Waals surface area contributed by atoms with Crippen LogP contribution in [0.2, 0.25) is 0 Å². The number of aryl methyl sites for hydroxylation is 2. The molecule has 0 atom stereocenters. The molecule has 7 nitrogen and oxygen atoms in total. The first-order chi connectivity index (χ1) is 10.6. The highest BCUT2D eigenvalue weighted by Crippen LogP contribution is 2.15. The third-order valence-corrected chi connectivity index (χ3v) is 3.21. The summed E-state index contributed by atoms with van der Waals surface area (Å²) >= 11 is 0. The second-order valence-corrected chi connectivity index (χ2v) is 4.93. The molecular formula is C15H14N6O. The lowest BCUT2D eigenvalue weighted by molar-refractivity contribution is 0.102. The quantitative estimate of drug-likeness (QED) is 0.797. The number of rotatable bonds is 3. The first kappa shape index (κ1) is 13.9. The number of aromatic nitrogens is 5. The van der Waals surface area contributed by atoms with Crippen molar-refractivity contribution >= 4 is 11.7 Å². The Hall–Kier alpha value is -3.09. The number of carbonyl (C=O) groups excluding carboxylic acids is 1. The first-order valence-corrected chi connectivity index (χ1v) is 6.71. The summed E-state index contributed by atoms with van der Waals surface area (Å²) in [7, 11) is 0. The van der Waals surface area contributed by atoms with Crippen molar-refractivity contribution in [1.82, 2.24) is 25.2 Å². The van der Waals surface area contributed by atoms with Crippen LogP contribution in [-0.4, -0.2) is 31.1 Å². The van der Waals surface area contributed by atoms with E-state index >= 15 is 0 Å². The van der Waals surface area contributed by atoms with Crippen LogP contribution in [0.3, 0.4) is 0 Å². The van der Waals surface area contributed by atoms with Gasteiger partial charge in [-0.2, -0.15) is 0 Å². The monoisotopic (exact) mass is 294 g/mol. The van der Waals surface area contributed by atoms with Gasteiger partial charge >= 0.3 is 0 Å². The zero-order valence-electron chi connectivity index (χ0n) is 12.2. The zero-order valence-corrected chi connectivity index (χ0v) is 12.2. The normalized spacial score (nSPS) is 10.5. The van der Waals surface area contributed by atoms with Gasteiger partial charge in [-0.15, -0.1) is 5.10 Å². The highest BCUT2D eigenvalue weighted by Gasteiger charge is 2.10. The van der Waals surface area contributed by atoms with Crippen LogP contribution >= 0.6 is 0 Å². The van der Waals surface area contributed by atoms with Gasteiger partial charge in [0.15, 0.2) is 0 Å². The van der Waals surface area contributed by atoms with E-state index in [1.165, 1.54) is 6.33 Å². The van der Waals surface area contributed by atoms with E-state index in [-0.39, 0.29) is 5.91 Å². The van der Waals surface area contributed by atoms with E-state index in [2.05, 4.69) is 25.8 Å². The minimum Gasteiger partial charge on any atom is -0.307 e. The summed E-state index contributed by atoms with van der Waals surface area (Å²) in [5, 5.41) is 13.8. The van der Waals surface area contributed by atoms with E-state index in [1.54, 1.807) is 29.1 Å². The van der Waals surface area contributed by atoms with Gasteiger partial charge < -0.3 is 5.32 Å². The van der Waals surface area contributed by atoms with E-state index in [0.717, 1.165) is 16.8 Å². The fourth-order valence-electron chi connectivity index (χ4n) is 2.06. The van der Waals surface area contributed by atoms with Crippen LogP contribution in [0.15, 0.2) is 42.9 Å².